The average molecular weight is 401 g/mol. The van der Waals surface area contributed by atoms with Gasteiger partial charge in [0, 0.05) is 38.5 Å². The first-order valence-corrected chi connectivity index (χ1v) is 11.0. The van der Waals surface area contributed by atoms with Gasteiger partial charge in [-0.2, -0.15) is 0 Å². The van der Waals surface area contributed by atoms with Crippen LogP contribution in [0.2, 0.25) is 6.04 Å². The maximum absolute atomic E-state index is 11.8. The maximum Gasteiger partial charge on any atom is 0.500 e. The van der Waals surface area contributed by atoms with Gasteiger partial charge in [-0.05, 0) is 33.3 Å². The molecule has 0 saturated heterocycles. The molecule has 1 N–H and O–H groups in total. The lowest BCUT2D eigenvalue weighted by Crippen LogP contribution is -2.46. The Balaban J connectivity index is 2.43. The number of nitro benzene ring substituents is 1. The predicted molar refractivity (Wildman–Crippen MR) is 101 cm³/mol. The molecule has 27 heavy (non-hydrogen) atoms. The Hall–Kier alpha value is -2.01. The number of amides is 1. The van der Waals surface area contributed by atoms with E-state index in [9.17, 15) is 14.9 Å². The van der Waals surface area contributed by atoms with Crippen molar-refractivity contribution in [2.45, 2.75) is 39.8 Å². The molecule has 1 aromatic carbocycles. The Morgan fingerprint density at radius 2 is 1.70 bits per heavy atom. The lowest BCUT2D eigenvalue weighted by molar-refractivity contribution is -0.385. The number of carbonyl (C=O) groups excluding carboxylic acids is 1. The summed E-state index contributed by atoms with van der Waals surface area (Å²) in [5.74, 6) is 0. The Morgan fingerprint density at radius 3 is 2.26 bits per heavy atom. The van der Waals surface area contributed by atoms with E-state index in [0.29, 0.717) is 44.4 Å². The minimum Gasteiger partial charge on any atom is -0.444 e. The van der Waals surface area contributed by atoms with Crippen molar-refractivity contribution in [2.24, 2.45) is 0 Å². The van der Waals surface area contributed by atoms with Gasteiger partial charge >= 0.3 is 14.9 Å². The first-order chi connectivity index (χ1) is 13.0. The van der Waals surface area contributed by atoms with Gasteiger partial charge in [-0.3, -0.25) is 10.1 Å². The zero-order valence-corrected chi connectivity index (χ0v) is 17.1. The largest absolute Gasteiger partial charge is 0.500 e. The summed E-state index contributed by atoms with van der Waals surface area (Å²) in [6.45, 7) is 7.34. The number of nitrogens with zero attached hydrogens (tertiary/aromatic N) is 1. The molecule has 0 unspecified atom stereocenters. The Kier molecular flexibility index (Phi) is 10.6. The van der Waals surface area contributed by atoms with Gasteiger partial charge in [0.25, 0.3) is 5.69 Å². The minimum atomic E-state index is -2.73. The monoisotopic (exact) mass is 400 g/mol. The van der Waals surface area contributed by atoms with Gasteiger partial charge in [0.05, 0.1) is 10.5 Å². The Labute approximate surface area is 160 Å². The summed E-state index contributed by atoms with van der Waals surface area (Å²) in [5, 5.41) is 13.6. The number of nitro groups is 1. The number of ether oxygens (including phenoxy) is 1. The van der Waals surface area contributed by atoms with Gasteiger partial charge in [-0.15, -0.1) is 0 Å². The van der Waals surface area contributed by atoms with E-state index in [2.05, 4.69) is 5.32 Å². The standard InChI is InChI=1S/C17H28N2O7Si/c1-4-24-27(25-5-2,26-6-3)13-9-12-18-17(20)23-14-15-10-7-8-11-16(15)19(21)22/h7-8,10-11H,4-6,9,12-14H2,1-3H3,(H,18,20). The summed E-state index contributed by atoms with van der Waals surface area (Å²) < 4.78 is 22.3. The summed E-state index contributed by atoms with van der Waals surface area (Å²) in [4.78, 5) is 22.3. The first-order valence-electron chi connectivity index (χ1n) is 9.02. The highest BCUT2D eigenvalue weighted by molar-refractivity contribution is 6.60. The van der Waals surface area contributed by atoms with Crippen molar-refractivity contribution in [3.8, 4) is 0 Å². The van der Waals surface area contributed by atoms with E-state index in [1.165, 1.54) is 6.07 Å². The van der Waals surface area contributed by atoms with E-state index in [1.54, 1.807) is 18.2 Å². The molecule has 0 saturated carbocycles. The number of rotatable bonds is 13. The quantitative estimate of drug-likeness (QED) is 0.234. The van der Waals surface area contributed by atoms with Gasteiger partial charge in [0.2, 0.25) is 0 Å². The molecule has 9 nitrogen and oxygen atoms in total. The average Bonchev–Trinajstić information content (AvgIpc) is 2.64. The zero-order chi connectivity index (χ0) is 20.1. The Morgan fingerprint density at radius 1 is 1.11 bits per heavy atom. The third kappa shape index (κ3) is 8.04. The van der Waals surface area contributed by atoms with Crippen LogP contribution >= 0.6 is 0 Å². The number of hydrogen-bond donors (Lipinski definition) is 1. The number of benzene rings is 1. The smallest absolute Gasteiger partial charge is 0.444 e. The number of para-hydroxylation sites is 1. The molecule has 1 aromatic rings. The normalized spacial score (nSPS) is 11.2. The fourth-order valence-corrected chi connectivity index (χ4v) is 5.11. The van der Waals surface area contributed by atoms with Gasteiger partial charge < -0.3 is 23.3 Å². The van der Waals surface area contributed by atoms with Crippen LogP contribution in [0, 0.1) is 10.1 Å². The van der Waals surface area contributed by atoms with E-state index in [-0.39, 0.29) is 12.3 Å². The van der Waals surface area contributed by atoms with Crippen LogP contribution in [0.25, 0.3) is 0 Å². The van der Waals surface area contributed by atoms with Crippen molar-refractivity contribution >= 4 is 20.6 Å². The molecule has 10 heteroatoms. The summed E-state index contributed by atoms with van der Waals surface area (Å²) in [7, 11) is -2.73. The first kappa shape index (κ1) is 23.0. The summed E-state index contributed by atoms with van der Waals surface area (Å²) in [5.41, 5.74) is 0.263. The molecule has 0 aliphatic rings. The predicted octanol–water partition coefficient (Wildman–Crippen LogP) is 3.26. The van der Waals surface area contributed by atoms with E-state index in [0.717, 1.165) is 0 Å². The van der Waals surface area contributed by atoms with Crippen LogP contribution in [0.5, 0.6) is 0 Å². The molecular weight excluding hydrogens is 372 g/mol. The highest BCUT2D eigenvalue weighted by atomic mass is 28.4. The molecule has 1 amide bonds. The molecule has 152 valence electrons. The molecule has 0 heterocycles. The number of hydrogen-bond acceptors (Lipinski definition) is 7. The summed E-state index contributed by atoms with van der Waals surface area (Å²) >= 11 is 0. The van der Waals surface area contributed by atoms with Crippen LogP contribution in [-0.2, 0) is 24.6 Å². The zero-order valence-electron chi connectivity index (χ0n) is 16.1. The van der Waals surface area contributed by atoms with Gasteiger partial charge in [0.15, 0.2) is 0 Å². The highest BCUT2D eigenvalue weighted by Gasteiger charge is 2.39. The molecule has 0 aromatic heterocycles. The topological polar surface area (TPSA) is 109 Å². The van der Waals surface area contributed by atoms with Crippen LogP contribution in [0.4, 0.5) is 10.5 Å². The SMILES string of the molecule is CCO[Si](CCCNC(=O)OCc1ccccc1[N+](=O)[O-])(OCC)OCC. The minimum absolute atomic E-state index is 0.0776. The third-order valence-corrected chi connectivity index (χ3v) is 6.72. The highest BCUT2D eigenvalue weighted by Crippen LogP contribution is 2.19. The molecule has 0 spiro atoms. The lowest BCUT2D eigenvalue weighted by atomic mass is 10.2. The third-order valence-electron chi connectivity index (χ3n) is 3.57. The van der Waals surface area contributed by atoms with E-state index >= 15 is 0 Å². The van der Waals surface area contributed by atoms with Crippen LogP contribution in [0.1, 0.15) is 32.8 Å². The van der Waals surface area contributed by atoms with Crippen molar-refractivity contribution in [1.82, 2.24) is 5.32 Å². The molecule has 0 aliphatic carbocycles. The van der Waals surface area contributed by atoms with Crippen molar-refractivity contribution < 1.29 is 27.7 Å². The number of carbonyl (C=O) groups is 1. The van der Waals surface area contributed by atoms with Crippen LogP contribution in [-0.4, -0.2) is 46.2 Å². The second kappa shape index (κ2) is 12.4. The molecule has 1 rings (SSSR count). The number of alkyl carbamates (subject to hydrolysis) is 1. The molecule has 0 fully saturated rings. The molecular formula is C17H28N2O7Si. The summed E-state index contributed by atoms with van der Waals surface area (Å²) in [6.07, 6.45) is -0.0306. The van der Waals surface area contributed by atoms with Crippen molar-refractivity contribution in [3.05, 3.63) is 39.9 Å². The van der Waals surface area contributed by atoms with Crippen molar-refractivity contribution in [1.29, 1.82) is 0 Å². The van der Waals surface area contributed by atoms with Gasteiger partial charge in [0.1, 0.15) is 6.61 Å². The number of nitrogens with one attached hydrogen (secondary N) is 1. The van der Waals surface area contributed by atoms with Crippen molar-refractivity contribution in [2.75, 3.05) is 26.4 Å². The Bertz CT molecular complexity index is 583. The van der Waals surface area contributed by atoms with E-state index in [4.69, 9.17) is 18.0 Å². The maximum atomic E-state index is 11.8. The molecule has 0 radical (unpaired) electrons. The van der Waals surface area contributed by atoms with Gasteiger partial charge in [-0.25, -0.2) is 4.79 Å². The fourth-order valence-electron chi connectivity index (χ4n) is 2.50. The van der Waals surface area contributed by atoms with Gasteiger partial charge in [-0.1, -0.05) is 12.1 Å². The van der Waals surface area contributed by atoms with E-state index in [1.807, 2.05) is 20.8 Å². The molecule has 0 aliphatic heterocycles. The van der Waals surface area contributed by atoms with Crippen LogP contribution in [0.3, 0.4) is 0 Å². The van der Waals surface area contributed by atoms with Crippen LogP contribution < -0.4 is 5.32 Å². The second-order valence-corrected chi connectivity index (χ2v) is 8.21. The molecule has 0 atom stereocenters. The lowest BCUT2D eigenvalue weighted by Gasteiger charge is -2.28. The second-order valence-electron chi connectivity index (χ2n) is 5.47. The fraction of sp³-hybridized carbons (Fsp3) is 0.588. The van der Waals surface area contributed by atoms with Crippen molar-refractivity contribution in [3.63, 3.8) is 0 Å². The van der Waals surface area contributed by atoms with E-state index < -0.39 is 19.8 Å². The van der Waals surface area contributed by atoms with Crippen LogP contribution in [0.15, 0.2) is 24.3 Å². The molecule has 0 bridgehead atoms. The summed E-state index contributed by atoms with van der Waals surface area (Å²) in [6, 6.07) is 6.72.